The van der Waals surface area contributed by atoms with E-state index in [-0.39, 0.29) is 29.7 Å². The van der Waals surface area contributed by atoms with Gasteiger partial charge in [0, 0.05) is 25.7 Å². The van der Waals surface area contributed by atoms with Crippen molar-refractivity contribution in [1.29, 1.82) is 0 Å². The molecule has 1 atom stereocenters. The van der Waals surface area contributed by atoms with Gasteiger partial charge in [-0.1, -0.05) is 13.8 Å². The Morgan fingerprint density at radius 2 is 1.89 bits per heavy atom. The fourth-order valence-corrected chi connectivity index (χ4v) is 2.45. The zero-order chi connectivity index (χ0) is 14.4. The normalized spacial score (nSPS) is 19.4. The van der Waals surface area contributed by atoms with E-state index >= 15 is 0 Å². The van der Waals surface area contributed by atoms with E-state index in [1.54, 1.807) is 0 Å². The molecule has 2 amide bonds. The quantitative estimate of drug-likeness (QED) is 0.593. The highest BCUT2D eigenvalue weighted by Crippen LogP contribution is 2.13. The molecule has 0 aromatic carbocycles. The van der Waals surface area contributed by atoms with Crippen LogP contribution in [0.1, 0.15) is 26.7 Å². The molecule has 0 aliphatic carbocycles. The summed E-state index contributed by atoms with van der Waals surface area (Å²) in [5.41, 5.74) is 10.8. The summed E-state index contributed by atoms with van der Waals surface area (Å²) in [6, 6.07) is 0.185. The molecule has 5 N–H and O–H groups in total. The lowest BCUT2D eigenvalue weighted by Gasteiger charge is -2.32. The smallest absolute Gasteiger partial charge is 0.231 e. The van der Waals surface area contributed by atoms with Gasteiger partial charge in [-0.3, -0.25) is 14.5 Å². The molecule has 110 valence electrons. The third-order valence-electron chi connectivity index (χ3n) is 3.71. The molecule has 0 aromatic rings. The summed E-state index contributed by atoms with van der Waals surface area (Å²) in [5.74, 6) is -0.125. The Hall–Kier alpha value is -1.14. The van der Waals surface area contributed by atoms with Crippen LogP contribution in [0, 0.1) is 11.8 Å². The molecular weight excluding hydrogens is 244 g/mol. The fourth-order valence-electron chi connectivity index (χ4n) is 2.45. The van der Waals surface area contributed by atoms with E-state index in [0.29, 0.717) is 13.1 Å². The molecule has 1 aliphatic heterocycles. The SMILES string of the molecule is CC(C)C(CN)C(=O)NC1CCN(CC(N)=O)CC1. The predicted octanol–water partition coefficient (Wildman–Crippen LogP) is -0.717. The molecule has 0 aromatic heterocycles. The van der Waals surface area contributed by atoms with Crippen molar-refractivity contribution in [3.05, 3.63) is 0 Å². The summed E-state index contributed by atoms with van der Waals surface area (Å²) in [6.45, 7) is 6.28. The molecule has 1 unspecified atom stereocenters. The molecule has 1 saturated heterocycles. The van der Waals surface area contributed by atoms with Crippen LogP contribution in [-0.4, -0.2) is 48.9 Å². The summed E-state index contributed by atoms with van der Waals surface area (Å²) in [4.78, 5) is 24.9. The number of likely N-dealkylation sites (tertiary alicyclic amines) is 1. The van der Waals surface area contributed by atoms with Gasteiger partial charge >= 0.3 is 0 Å². The van der Waals surface area contributed by atoms with Crippen molar-refractivity contribution in [2.75, 3.05) is 26.2 Å². The van der Waals surface area contributed by atoms with E-state index in [4.69, 9.17) is 11.5 Å². The van der Waals surface area contributed by atoms with Crippen molar-refractivity contribution in [1.82, 2.24) is 10.2 Å². The Morgan fingerprint density at radius 1 is 1.32 bits per heavy atom. The lowest BCUT2D eigenvalue weighted by molar-refractivity contribution is -0.127. The van der Waals surface area contributed by atoms with Crippen LogP contribution in [0.25, 0.3) is 0 Å². The molecule has 1 rings (SSSR count). The molecule has 6 nitrogen and oxygen atoms in total. The maximum atomic E-state index is 12.1. The fraction of sp³-hybridized carbons (Fsp3) is 0.846. The van der Waals surface area contributed by atoms with Crippen molar-refractivity contribution in [3.8, 4) is 0 Å². The number of hydrogen-bond acceptors (Lipinski definition) is 4. The topological polar surface area (TPSA) is 101 Å². The van der Waals surface area contributed by atoms with Gasteiger partial charge in [0.05, 0.1) is 12.5 Å². The summed E-state index contributed by atoms with van der Waals surface area (Å²) in [5, 5.41) is 3.06. The minimum atomic E-state index is -0.300. The second kappa shape index (κ2) is 7.45. The van der Waals surface area contributed by atoms with E-state index in [9.17, 15) is 9.59 Å². The maximum Gasteiger partial charge on any atom is 0.231 e. The Morgan fingerprint density at radius 3 is 2.32 bits per heavy atom. The Balaban J connectivity index is 2.36. The van der Waals surface area contributed by atoms with E-state index in [1.807, 2.05) is 18.7 Å². The number of piperidine rings is 1. The number of carbonyl (C=O) groups excluding carboxylic acids is 2. The van der Waals surface area contributed by atoms with E-state index in [2.05, 4.69) is 5.32 Å². The third kappa shape index (κ3) is 5.16. The predicted molar refractivity (Wildman–Crippen MR) is 74.2 cm³/mol. The van der Waals surface area contributed by atoms with Gasteiger partial charge in [0.1, 0.15) is 0 Å². The highest BCUT2D eigenvalue weighted by Gasteiger charge is 2.25. The lowest BCUT2D eigenvalue weighted by atomic mass is 9.94. The van der Waals surface area contributed by atoms with Crippen molar-refractivity contribution < 1.29 is 9.59 Å². The number of nitrogens with one attached hydrogen (secondary N) is 1. The van der Waals surface area contributed by atoms with Crippen LogP contribution >= 0.6 is 0 Å². The largest absolute Gasteiger partial charge is 0.369 e. The van der Waals surface area contributed by atoms with Crippen LogP contribution < -0.4 is 16.8 Å². The Kier molecular flexibility index (Phi) is 6.24. The van der Waals surface area contributed by atoms with Crippen LogP contribution in [-0.2, 0) is 9.59 Å². The second-order valence-electron chi connectivity index (χ2n) is 5.61. The first kappa shape index (κ1) is 15.9. The minimum absolute atomic E-state index is 0.0471. The molecule has 0 bridgehead atoms. The summed E-state index contributed by atoms with van der Waals surface area (Å²) in [6.07, 6.45) is 1.71. The van der Waals surface area contributed by atoms with Gasteiger partial charge in [-0.05, 0) is 18.8 Å². The number of primary amides is 1. The zero-order valence-electron chi connectivity index (χ0n) is 11.9. The van der Waals surface area contributed by atoms with Gasteiger partial charge in [0.15, 0.2) is 0 Å². The van der Waals surface area contributed by atoms with Crippen LogP contribution in [0.2, 0.25) is 0 Å². The number of nitrogens with two attached hydrogens (primary N) is 2. The number of nitrogens with zero attached hydrogens (tertiary/aromatic N) is 1. The summed E-state index contributed by atoms with van der Waals surface area (Å²) >= 11 is 0. The Labute approximate surface area is 114 Å². The monoisotopic (exact) mass is 270 g/mol. The van der Waals surface area contributed by atoms with Crippen molar-refractivity contribution >= 4 is 11.8 Å². The molecule has 19 heavy (non-hydrogen) atoms. The average Bonchev–Trinajstić information content (AvgIpc) is 2.31. The Bertz CT molecular complexity index is 312. The molecule has 6 heteroatoms. The molecule has 1 aliphatic rings. The third-order valence-corrected chi connectivity index (χ3v) is 3.71. The molecule has 0 radical (unpaired) electrons. The van der Waals surface area contributed by atoms with Gasteiger partial charge in [0.2, 0.25) is 11.8 Å². The molecule has 0 saturated carbocycles. The summed E-state index contributed by atoms with van der Waals surface area (Å²) in [7, 11) is 0. The first-order chi connectivity index (χ1) is 8.93. The molecular formula is C13H26N4O2. The average molecular weight is 270 g/mol. The van der Waals surface area contributed by atoms with E-state index < -0.39 is 0 Å². The molecule has 1 fully saturated rings. The van der Waals surface area contributed by atoms with Gasteiger partial charge in [-0.25, -0.2) is 0 Å². The van der Waals surface area contributed by atoms with Crippen LogP contribution in [0.5, 0.6) is 0 Å². The first-order valence-corrected chi connectivity index (χ1v) is 6.95. The highest BCUT2D eigenvalue weighted by atomic mass is 16.2. The first-order valence-electron chi connectivity index (χ1n) is 6.95. The standard InChI is InChI=1S/C13H26N4O2/c1-9(2)11(7-14)13(19)16-10-3-5-17(6-4-10)8-12(15)18/h9-11H,3-8,14H2,1-2H3,(H2,15,18)(H,16,19). The number of carbonyl (C=O) groups is 2. The van der Waals surface area contributed by atoms with Crippen LogP contribution in [0.4, 0.5) is 0 Å². The van der Waals surface area contributed by atoms with Crippen molar-refractivity contribution in [2.24, 2.45) is 23.3 Å². The van der Waals surface area contributed by atoms with E-state index in [1.165, 1.54) is 0 Å². The van der Waals surface area contributed by atoms with Crippen LogP contribution in [0.15, 0.2) is 0 Å². The molecule has 0 spiro atoms. The maximum absolute atomic E-state index is 12.1. The van der Waals surface area contributed by atoms with Crippen molar-refractivity contribution in [3.63, 3.8) is 0 Å². The lowest BCUT2D eigenvalue weighted by Crippen LogP contribution is -2.49. The van der Waals surface area contributed by atoms with Gasteiger partial charge < -0.3 is 16.8 Å². The van der Waals surface area contributed by atoms with Crippen LogP contribution in [0.3, 0.4) is 0 Å². The number of amides is 2. The zero-order valence-corrected chi connectivity index (χ0v) is 11.9. The van der Waals surface area contributed by atoms with Gasteiger partial charge in [-0.2, -0.15) is 0 Å². The second-order valence-corrected chi connectivity index (χ2v) is 5.61. The molecule has 1 heterocycles. The number of rotatable bonds is 6. The van der Waals surface area contributed by atoms with E-state index in [0.717, 1.165) is 25.9 Å². The summed E-state index contributed by atoms with van der Waals surface area (Å²) < 4.78 is 0. The minimum Gasteiger partial charge on any atom is -0.369 e. The number of hydrogen-bond donors (Lipinski definition) is 3. The van der Waals surface area contributed by atoms with Gasteiger partial charge in [0.25, 0.3) is 0 Å². The van der Waals surface area contributed by atoms with Crippen molar-refractivity contribution in [2.45, 2.75) is 32.7 Å². The highest BCUT2D eigenvalue weighted by molar-refractivity contribution is 5.79. The van der Waals surface area contributed by atoms with Gasteiger partial charge in [-0.15, -0.1) is 0 Å².